The average Bonchev–Trinajstić information content (AvgIpc) is 3.41. The summed E-state index contributed by atoms with van der Waals surface area (Å²) in [5.74, 6) is -0.942. The minimum Gasteiger partial charge on any atom is -0.462 e. The first-order valence-electron chi connectivity index (χ1n) is 31.7. The summed E-state index contributed by atoms with van der Waals surface area (Å²) in [6, 6.07) is 0. The largest absolute Gasteiger partial charge is 0.462 e. The molecule has 0 aromatic carbocycles. The zero-order chi connectivity index (χ0) is 54.3. The number of hydrogen-bond acceptors (Lipinski definition) is 6. The predicted molar refractivity (Wildman–Crippen MR) is 325 cm³/mol. The Hall–Kier alpha value is -3.67. The molecule has 0 N–H and O–H groups in total. The minimum atomic E-state index is -0.803. The first-order chi connectivity index (χ1) is 37.0. The van der Waals surface area contributed by atoms with Crippen LogP contribution in [0.4, 0.5) is 0 Å². The molecule has 0 saturated carbocycles. The molecule has 1 atom stereocenters. The summed E-state index contributed by atoms with van der Waals surface area (Å²) < 4.78 is 16.9. The molecule has 0 rings (SSSR count). The van der Waals surface area contributed by atoms with Crippen LogP contribution in [0, 0.1) is 0 Å². The van der Waals surface area contributed by atoms with E-state index < -0.39 is 6.10 Å². The summed E-state index contributed by atoms with van der Waals surface area (Å²) in [5, 5.41) is 0. The fourth-order valence-corrected chi connectivity index (χ4v) is 8.90. The van der Waals surface area contributed by atoms with Gasteiger partial charge in [0.25, 0.3) is 0 Å². The van der Waals surface area contributed by atoms with E-state index in [4.69, 9.17) is 14.2 Å². The van der Waals surface area contributed by atoms with Crippen molar-refractivity contribution in [2.24, 2.45) is 0 Å². The Balaban J connectivity index is 4.38. The van der Waals surface area contributed by atoms with Crippen molar-refractivity contribution < 1.29 is 28.6 Å². The molecule has 0 aromatic rings. The maximum absolute atomic E-state index is 12.9. The molecule has 430 valence electrons. The van der Waals surface area contributed by atoms with E-state index in [0.717, 1.165) is 122 Å². The Morgan fingerprint density at radius 1 is 0.280 bits per heavy atom. The first-order valence-corrected chi connectivity index (χ1v) is 31.7. The smallest absolute Gasteiger partial charge is 0.306 e. The molecule has 0 bridgehead atoms. The van der Waals surface area contributed by atoms with Crippen LogP contribution in [0.2, 0.25) is 0 Å². The highest BCUT2D eigenvalue weighted by Crippen LogP contribution is 2.17. The maximum atomic E-state index is 12.9. The summed E-state index contributed by atoms with van der Waals surface area (Å²) >= 11 is 0. The van der Waals surface area contributed by atoms with Crippen molar-refractivity contribution in [1.82, 2.24) is 0 Å². The third-order valence-corrected chi connectivity index (χ3v) is 13.6. The van der Waals surface area contributed by atoms with Gasteiger partial charge in [0.05, 0.1) is 0 Å². The number of esters is 3. The monoisotopic (exact) mass is 1040 g/mol. The highest BCUT2D eigenvalue weighted by atomic mass is 16.6. The lowest BCUT2D eigenvalue weighted by Crippen LogP contribution is -2.30. The highest BCUT2D eigenvalue weighted by Gasteiger charge is 2.19. The molecule has 75 heavy (non-hydrogen) atoms. The number of allylic oxidation sites excluding steroid dienone is 16. The van der Waals surface area contributed by atoms with Gasteiger partial charge in [-0.05, 0) is 96.3 Å². The van der Waals surface area contributed by atoms with Gasteiger partial charge in [-0.15, -0.1) is 0 Å². The Morgan fingerprint density at radius 3 is 0.840 bits per heavy atom. The topological polar surface area (TPSA) is 78.9 Å². The fourth-order valence-electron chi connectivity index (χ4n) is 8.90. The second kappa shape index (κ2) is 62.9. The van der Waals surface area contributed by atoms with Gasteiger partial charge in [-0.3, -0.25) is 14.4 Å². The number of rotatable bonds is 57. The van der Waals surface area contributed by atoms with Crippen molar-refractivity contribution in [3.05, 3.63) is 97.2 Å². The van der Waals surface area contributed by atoms with Crippen LogP contribution >= 0.6 is 0 Å². The van der Waals surface area contributed by atoms with Crippen LogP contribution in [-0.4, -0.2) is 37.2 Å². The number of hydrogen-bond donors (Lipinski definition) is 0. The third kappa shape index (κ3) is 61.1. The van der Waals surface area contributed by atoms with Crippen molar-refractivity contribution in [3.8, 4) is 0 Å². The van der Waals surface area contributed by atoms with E-state index in [1.807, 2.05) is 0 Å². The van der Waals surface area contributed by atoms with Gasteiger partial charge in [0.2, 0.25) is 0 Å². The lowest BCUT2D eigenvalue weighted by atomic mass is 10.0. The summed E-state index contributed by atoms with van der Waals surface area (Å²) in [5.41, 5.74) is 0. The summed E-state index contributed by atoms with van der Waals surface area (Å²) in [4.78, 5) is 38.3. The normalized spacial score (nSPS) is 12.7. The molecule has 0 radical (unpaired) electrons. The van der Waals surface area contributed by atoms with Gasteiger partial charge in [0, 0.05) is 19.3 Å². The molecule has 0 aliphatic rings. The maximum Gasteiger partial charge on any atom is 0.306 e. The lowest BCUT2D eigenvalue weighted by Gasteiger charge is -2.18. The van der Waals surface area contributed by atoms with E-state index in [0.29, 0.717) is 19.3 Å². The van der Waals surface area contributed by atoms with Crippen molar-refractivity contribution in [2.45, 2.75) is 309 Å². The van der Waals surface area contributed by atoms with E-state index in [9.17, 15) is 14.4 Å². The quantitative estimate of drug-likeness (QED) is 0.0261. The molecule has 6 heteroatoms. The van der Waals surface area contributed by atoms with E-state index >= 15 is 0 Å². The van der Waals surface area contributed by atoms with Gasteiger partial charge in [0.1, 0.15) is 13.2 Å². The van der Waals surface area contributed by atoms with Gasteiger partial charge in [0.15, 0.2) is 6.10 Å². The molecule has 1 unspecified atom stereocenters. The van der Waals surface area contributed by atoms with Crippen molar-refractivity contribution in [3.63, 3.8) is 0 Å². The lowest BCUT2D eigenvalue weighted by molar-refractivity contribution is -0.167. The highest BCUT2D eigenvalue weighted by molar-refractivity contribution is 5.71. The Bertz CT molecular complexity index is 1480. The minimum absolute atomic E-state index is 0.0949. The molecule has 6 nitrogen and oxygen atoms in total. The van der Waals surface area contributed by atoms with Gasteiger partial charge in [-0.2, -0.15) is 0 Å². The molecule has 0 aliphatic heterocycles. The molecule has 0 aromatic heterocycles. The summed E-state index contributed by atoms with van der Waals surface area (Å²) in [7, 11) is 0. The van der Waals surface area contributed by atoms with Crippen LogP contribution in [0.3, 0.4) is 0 Å². The van der Waals surface area contributed by atoms with Crippen LogP contribution < -0.4 is 0 Å². The number of carbonyl (C=O) groups is 3. The SMILES string of the molecule is CC/C=C\C/C=C\C/C=C\C/C=C\CCCCCCCCC(=O)OC(COC(=O)CCCC/C=C\C/C=C\C/C=C\C/C=C\CC)COC(=O)CCCCCCCCCCCCCCCCCCCCCCCCC. The fraction of sp³-hybridized carbons (Fsp3) is 0.725. The van der Waals surface area contributed by atoms with Gasteiger partial charge in [-0.25, -0.2) is 0 Å². The second-order valence-corrected chi connectivity index (χ2v) is 20.9. The Kier molecular flexibility index (Phi) is 59.8. The van der Waals surface area contributed by atoms with E-state index in [-0.39, 0.29) is 31.1 Å². The average molecular weight is 1040 g/mol. The molecule has 0 aliphatic carbocycles. The van der Waals surface area contributed by atoms with Gasteiger partial charge >= 0.3 is 17.9 Å². The van der Waals surface area contributed by atoms with E-state index in [1.54, 1.807) is 0 Å². The molecule has 0 spiro atoms. The molecular weight excluding hydrogens is 925 g/mol. The number of ether oxygens (including phenoxy) is 3. The van der Waals surface area contributed by atoms with Crippen LogP contribution in [0.15, 0.2) is 97.2 Å². The summed E-state index contributed by atoms with van der Waals surface area (Å²) in [6.45, 7) is 6.40. The van der Waals surface area contributed by atoms with Crippen molar-refractivity contribution in [1.29, 1.82) is 0 Å². The predicted octanol–water partition coefficient (Wildman–Crippen LogP) is 21.7. The van der Waals surface area contributed by atoms with Crippen LogP contribution in [-0.2, 0) is 28.6 Å². The van der Waals surface area contributed by atoms with Crippen molar-refractivity contribution >= 4 is 17.9 Å². The van der Waals surface area contributed by atoms with Crippen LogP contribution in [0.1, 0.15) is 303 Å². The number of carbonyl (C=O) groups excluding carboxylic acids is 3. The Morgan fingerprint density at radius 2 is 0.520 bits per heavy atom. The molecule has 0 fully saturated rings. The summed E-state index contributed by atoms with van der Waals surface area (Å²) in [6.07, 6.45) is 84.2. The Labute approximate surface area is 464 Å². The van der Waals surface area contributed by atoms with Crippen LogP contribution in [0.5, 0.6) is 0 Å². The van der Waals surface area contributed by atoms with Crippen molar-refractivity contribution in [2.75, 3.05) is 13.2 Å². The molecular formula is C69H118O6. The molecule has 0 amide bonds. The van der Waals surface area contributed by atoms with Gasteiger partial charge < -0.3 is 14.2 Å². The van der Waals surface area contributed by atoms with Gasteiger partial charge in [-0.1, -0.05) is 285 Å². The van der Waals surface area contributed by atoms with E-state index in [2.05, 4.69) is 118 Å². The zero-order valence-corrected chi connectivity index (χ0v) is 49.3. The third-order valence-electron chi connectivity index (χ3n) is 13.6. The first kappa shape index (κ1) is 71.3. The van der Waals surface area contributed by atoms with Crippen LogP contribution in [0.25, 0.3) is 0 Å². The molecule has 0 saturated heterocycles. The van der Waals surface area contributed by atoms with E-state index in [1.165, 1.54) is 141 Å². The number of unbranched alkanes of at least 4 members (excludes halogenated alkanes) is 30. The standard InChI is InChI=1S/C69H118O6/c1-4-7-10-13-16-19-22-25-28-30-32-33-34-35-37-38-41-44-47-50-53-56-59-62-68(71)74-65-66(64-73-67(70)61-58-55-52-49-46-43-40-27-24-21-18-15-12-9-6-3)75-69(72)63-60-57-54-51-48-45-42-39-36-31-29-26-23-20-17-14-11-8-5-2/h8-9,11-12,17-18,20-21,26-27,29,36,39-40,46,49,66H,4-7,10,13-16,19,22-25,28,30-35,37-38,41-45,47-48,50-65H2,1-3H3/b11-8-,12-9-,20-17-,21-18-,29-26-,39-36-,40-27-,49-46-. The molecule has 0 heterocycles. The second-order valence-electron chi connectivity index (χ2n) is 20.9. The zero-order valence-electron chi connectivity index (χ0n) is 49.3.